The van der Waals surface area contributed by atoms with Crippen LogP contribution in [0, 0.1) is 0 Å². The topological polar surface area (TPSA) is 43.8 Å². The molecule has 6 heteroatoms. The van der Waals surface area contributed by atoms with Gasteiger partial charge < -0.3 is 14.9 Å². The highest BCUT2D eigenvalue weighted by molar-refractivity contribution is 9.10. The Kier molecular flexibility index (Phi) is 5.86. The number of hydrogen-bond acceptors (Lipinski definition) is 3. The average molecular weight is 406 g/mol. The molecule has 0 atom stereocenters. The van der Waals surface area contributed by atoms with E-state index in [0.717, 1.165) is 44.5 Å². The van der Waals surface area contributed by atoms with Gasteiger partial charge in [-0.2, -0.15) is 0 Å². The number of carbonyl (C=O) groups excluding carboxylic acids is 1. The maximum absolute atomic E-state index is 12.5. The fourth-order valence-corrected chi connectivity index (χ4v) is 3.09. The summed E-state index contributed by atoms with van der Waals surface area (Å²) >= 11 is 6.68. The first-order valence-electron chi connectivity index (χ1n) is 6.68. The molecule has 0 aliphatic carbocycles. The van der Waals surface area contributed by atoms with Gasteiger partial charge >= 0.3 is 0 Å². The van der Waals surface area contributed by atoms with Crippen LogP contribution in [0.3, 0.4) is 0 Å². The van der Waals surface area contributed by atoms with Gasteiger partial charge in [-0.1, -0.05) is 15.9 Å². The number of rotatable bonds is 3. The molecule has 110 valence electrons. The molecule has 1 N–H and O–H groups in total. The van der Waals surface area contributed by atoms with Gasteiger partial charge in [-0.25, -0.2) is 0 Å². The van der Waals surface area contributed by atoms with E-state index in [9.17, 15) is 9.90 Å². The second-order valence-corrected chi connectivity index (χ2v) is 6.49. The molecule has 1 aromatic rings. The van der Waals surface area contributed by atoms with Gasteiger partial charge in [0.2, 0.25) is 0 Å². The molecule has 4 nitrogen and oxygen atoms in total. The van der Waals surface area contributed by atoms with Gasteiger partial charge in [0, 0.05) is 37.1 Å². The summed E-state index contributed by atoms with van der Waals surface area (Å²) in [6.45, 7) is 4.46. The zero-order valence-corrected chi connectivity index (χ0v) is 14.4. The third kappa shape index (κ3) is 3.96. The highest BCUT2D eigenvalue weighted by Gasteiger charge is 2.20. The van der Waals surface area contributed by atoms with Crippen LogP contribution in [0.1, 0.15) is 16.8 Å². The van der Waals surface area contributed by atoms with Crippen molar-refractivity contribution >= 4 is 37.8 Å². The summed E-state index contributed by atoms with van der Waals surface area (Å²) in [4.78, 5) is 16.7. The van der Waals surface area contributed by atoms with E-state index in [1.54, 1.807) is 12.1 Å². The molecule has 1 aliphatic heterocycles. The van der Waals surface area contributed by atoms with Crippen molar-refractivity contribution in [1.29, 1.82) is 0 Å². The van der Waals surface area contributed by atoms with Crippen LogP contribution in [0.25, 0.3) is 0 Å². The smallest absolute Gasteiger partial charge is 0.254 e. The zero-order valence-electron chi connectivity index (χ0n) is 11.2. The number of phenolic OH excluding ortho intramolecular Hbond substituents is 1. The van der Waals surface area contributed by atoms with Crippen molar-refractivity contribution < 1.29 is 9.90 Å². The van der Waals surface area contributed by atoms with Crippen molar-refractivity contribution in [3.63, 3.8) is 0 Å². The minimum Gasteiger partial charge on any atom is -0.507 e. The van der Waals surface area contributed by atoms with Gasteiger partial charge in [0.1, 0.15) is 5.75 Å². The second-order valence-electron chi connectivity index (χ2n) is 4.84. The Hall–Kier alpha value is -0.590. The Labute approximate surface area is 136 Å². The summed E-state index contributed by atoms with van der Waals surface area (Å²) in [5.74, 6) is 0.0973. The molecule has 1 heterocycles. The summed E-state index contributed by atoms with van der Waals surface area (Å²) in [6, 6.07) is 4.97. The van der Waals surface area contributed by atoms with Crippen LogP contribution in [0.5, 0.6) is 5.75 Å². The summed E-state index contributed by atoms with van der Waals surface area (Å²) < 4.78 is 0.605. The van der Waals surface area contributed by atoms with E-state index in [2.05, 4.69) is 36.8 Å². The molecule has 0 spiro atoms. The molecule has 20 heavy (non-hydrogen) atoms. The number of halogens is 2. The Balaban J connectivity index is 2.03. The molecule has 1 saturated heterocycles. The van der Waals surface area contributed by atoms with Crippen molar-refractivity contribution in [2.45, 2.75) is 6.42 Å². The van der Waals surface area contributed by atoms with E-state index in [1.807, 2.05) is 4.90 Å². The number of amides is 1. The predicted octanol–water partition coefficient (Wildman–Crippen LogP) is 2.70. The Bertz CT molecular complexity index is 482. The van der Waals surface area contributed by atoms with Crippen molar-refractivity contribution in [2.75, 3.05) is 38.1 Å². The van der Waals surface area contributed by atoms with Crippen molar-refractivity contribution in [3.8, 4) is 5.75 Å². The molecule has 0 unspecified atom stereocenters. The van der Waals surface area contributed by atoms with E-state index < -0.39 is 0 Å². The molecular weight excluding hydrogens is 388 g/mol. The Morgan fingerprint density at radius 1 is 1.25 bits per heavy atom. The number of alkyl halides is 1. The summed E-state index contributed by atoms with van der Waals surface area (Å²) in [5.41, 5.74) is 0.541. The second kappa shape index (κ2) is 7.43. The lowest BCUT2D eigenvalue weighted by Crippen LogP contribution is -2.35. The van der Waals surface area contributed by atoms with Gasteiger partial charge in [0.15, 0.2) is 0 Å². The van der Waals surface area contributed by atoms with Crippen molar-refractivity contribution in [1.82, 2.24) is 9.80 Å². The summed E-state index contributed by atoms with van der Waals surface area (Å²) in [6.07, 6.45) is 0.987. The molecule has 0 saturated carbocycles. The Morgan fingerprint density at radius 2 is 2.05 bits per heavy atom. The lowest BCUT2D eigenvalue weighted by Gasteiger charge is -2.21. The Morgan fingerprint density at radius 3 is 2.75 bits per heavy atom. The average Bonchev–Trinajstić information content (AvgIpc) is 2.67. The molecular formula is C14H18Br2N2O2. The number of aromatic hydroxyl groups is 1. The van der Waals surface area contributed by atoms with Crippen LogP contribution >= 0.6 is 31.9 Å². The largest absolute Gasteiger partial charge is 0.507 e. The first kappa shape index (κ1) is 15.8. The van der Waals surface area contributed by atoms with Crippen LogP contribution in [0.15, 0.2) is 22.7 Å². The molecule has 2 rings (SSSR count). The molecule has 0 aromatic heterocycles. The minimum absolute atomic E-state index is 0.00603. The normalized spacial score (nSPS) is 17.0. The van der Waals surface area contributed by atoms with Gasteiger partial charge in [-0.15, -0.1) is 0 Å². The fraction of sp³-hybridized carbons (Fsp3) is 0.500. The molecule has 1 aliphatic rings. The number of phenols is 1. The monoisotopic (exact) mass is 404 g/mol. The van der Waals surface area contributed by atoms with E-state index in [-0.39, 0.29) is 11.7 Å². The minimum atomic E-state index is -0.00603. The van der Waals surface area contributed by atoms with Gasteiger partial charge in [-0.3, -0.25) is 4.79 Å². The van der Waals surface area contributed by atoms with Crippen LogP contribution in [0.4, 0.5) is 0 Å². The van der Waals surface area contributed by atoms with Crippen molar-refractivity contribution in [3.05, 3.63) is 28.2 Å². The SMILES string of the molecule is O=C(c1ccc(Br)c(O)c1)N1CCCN(CCBr)CC1. The quantitative estimate of drug-likeness (QED) is 0.786. The van der Waals surface area contributed by atoms with Crippen LogP contribution < -0.4 is 0 Å². The predicted molar refractivity (Wildman–Crippen MR) is 86.6 cm³/mol. The van der Waals surface area contributed by atoms with Gasteiger partial charge in [-0.05, 0) is 47.1 Å². The molecule has 1 aromatic carbocycles. The molecule has 1 fully saturated rings. The van der Waals surface area contributed by atoms with E-state index in [4.69, 9.17) is 0 Å². The van der Waals surface area contributed by atoms with Crippen LogP contribution in [-0.2, 0) is 0 Å². The van der Waals surface area contributed by atoms with Gasteiger partial charge in [0.25, 0.3) is 5.91 Å². The zero-order chi connectivity index (χ0) is 14.5. The van der Waals surface area contributed by atoms with Crippen LogP contribution in [-0.4, -0.2) is 58.9 Å². The first-order valence-corrected chi connectivity index (χ1v) is 8.59. The maximum Gasteiger partial charge on any atom is 0.254 e. The third-order valence-corrected chi connectivity index (χ3v) is 4.49. The van der Waals surface area contributed by atoms with E-state index >= 15 is 0 Å². The highest BCUT2D eigenvalue weighted by atomic mass is 79.9. The van der Waals surface area contributed by atoms with E-state index in [0.29, 0.717) is 10.0 Å². The summed E-state index contributed by atoms with van der Waals surface area (Å²) in [5, 5.41) is 10.6. The number of nitrogens with zero attached hydrogens (tertiary/aromatic N) is 2. The lowest BCUT2D eigenvalue weighted by molar-refractivity contribution is 0.0761. The standard InChI is InChI=1S/C14H18Br2N2O2/c15-4-7-17-5-1-6-18(9-8-17)14(20)11-2-3-12(16)13(19)10-11/h2-3,10,19H,1,4-9H2. The summed E-state index contributed by atoms with van der Waals surface area (Å²) in [7, 11) is 0. The van der Waals surface area contributed by atoms with E-state index in [1.165, 1.54) is 6.07 Å². The molecule has 0 radical (unpaired) electrons. The number of hydrogen-bond donors (Lipinski definition) is 1. The van der Waals surface area contributed by atoms with Gasteiger partial charge in [0.05, 0.1) is 4.47 Å². The fourth-order valence-electron chi connectivity index (χ4n) is 2.35. The van der Waals surface area contributed by atoms with Crippen LogP contribution in [0.2, 0.25) is 0 Å². The highest BCUT2D eigenvalue weighted by Crippen LogP contribution is 2.25. The lowest BCUT2D eigenvalue weighted by atomic mass is 10.2. The van der Waals surface area contributed by atoms with Crippen molar-refractivity contribution in [2.24, 2.45) is 0 Å². The molecule has 0 bridgehead atoms. The first-order chi connectivity index (χ1) is 9.61. The maximum atomic E-state index is 12.5. The number of carbonyl (C=O) groups is 1. The number of benzene rings is 1. The third-order valence-electron chi connectivity index (χ3n) is 3.47. The molecule has 1 amide bonds.